The van der Waals surface area contributed by atoms with E-state index in [1.54, 1.807) is 26.8 Å². The predicted octanol–water partition coefficient (Wildman–Crippen LogP) is 2.66. The molecule has 0 aliphatic heterocycles. The number of aromatic nitrogens is 1. The van der Waals surface area contributed by atoms with Crippen molar-refractivity contribution in [3.63, 3.8) is 0 Å². The van der Waals surface area contributed by atoms with Crippen LogP contribution in [0.5, 0.6) is 0 Å². The summed E-state index contributed by atoms with van der Waals surface area (Å²) in [4.78, 5) is 15.3. The number of pyridine rings is 1. The first-order valence-electron chi connectivity index (χ1n) is 4.70. The second-order valence-corrected chi connectivity index (χ2v) is 4.59. The van der Waals surface area contributed by atoms with Gasteiger partial charge in [-0.15, -0.1) is 0 Å². The standard InChI is InChI=1S/C10H14ClN3O2/c1-10(2,3)16-9(15)14-8-6(12)4-5-7(11)13-8/h4-5H,12H2,1-3H3,(H,13,14,15). The Morgan fingerprint density at radius 2 is 2.12 bits per heavy atom. The summed E-state index contributed by atoms with van der Waals surface area (Å²) >= 11 is 5.67. The molecule has 3 N–H and O–H groups in total. The number of rotatable bonds is 1. The Bertz CT molecular complexity index is 402. The molecule has 0 spiro atoms. The van der Waals surface area contributed by atoms with Crippen LogP contribution in [0.3, 0.4) is 0 Å². The van der Waals surface area contributed by atoms with Crippen LogP contribution >= 0.6 is 11.6 Å². The summed E-state index contributed by atoms with van der Waals surface area (Å²) < 4.78 is 5.05. The van der Waals surface area contributed by atoms with Crippen LogP contribution in [-0.2, 0) is 4.74 Å². The van der Waals surface area contributed by atoms with Gasteiger partial charge in [0.25, 0.3) is 0 Å². The highest BCUT2D eigenvalue weighted by Crippen LogP contribution is 2.19. The van der Waals surface area contributed by atoms with Gasteiger partial charge in [0.2, 0.25) is 0 Å². The maximum Gasteiger partial charge on any atom is 0.413 e. The largest absolute Gasteiger partial charge is 0.444 e. The average Bonchev–Trinajstić information content (AvgIpc) is 2.08. The number of anilines is 2. The van der Waals surface area contributed by atoms with Gasteiger partial charge in [0, 0.05) is 0 Å². The highest BCUT2D eigenvalue weighted by molar-refractivity contribution is 6.29. The minimum atomic E-state index is -0.617. The number of carbonyl (C=O) groups is 1. The fraction of sp³-hybridized carbons (Fsp3) is 0.400. The van der Waals surface area contributed by atoms with E-state index in [2.05, 4.69) is 10.3 Å². The number of carbonyl (C=O) groups excluding carboxylic acids is 1. The Balaban J connectivity index is 2.73. The maximum absolute atomic E-state index is 11.4. The molecule has 0 aliphatic rings. The van der Waals surface area contributed by atoms with Crippen molar-refractivity contribution in [1.29, 1.82) is 0 Å². The molecule has 1 aromatic heterocycles. The number of nitrogens with zero attached hydrogens (tertiary/aromatic N) is 1. The quantitative estimate of drug-likeness (QED) is 0.744. The molecule has 88 valence electrons. The van der Waals surface area contributed by atoms with Crippen LogP contribution < -0.4 is 11.1 Å². The molecule has 0 bridgehead atoms. The van der Waals surface area contributed by atoms with E-state index in [9.17, 15) is 4.79 Å². The van der Waals surface area contributed by atoms with E-state index < -0.39 is 11.7 Å². The molecule has 0 aromatic carbocycles. The van der Waals surface area contributed by atoms with Crippen molar-refractivity contribution in [2.24, 2.45) is 0 Å². The molecule has 1 amide bonds. The first kappa shape index (κ1) is 12.6. The van der Waals surface area contributed by atoms with Crippen molar-refractivity contribution in [3.8, 4) is 0 Å². The van der Waals surface area contributed by atoms with E-state index in [1.807, 2.05) is 0 Å². The molecule has 16 heavy (non-hydrogen) atoms. The topological polar surface area (TPSA) is 77.2 Å². The lowest BCUT2D eigenvalue weighted by atomic mass is 10.2. The maximum atomic E-state index is 11.4. The Hall–Kier alpha value is -1.49. The molecule has 0 atom stereocenters. The summed E-state index contributed by atoms with van der Waals surface area (Å²) in [7, 11) is 0. The third-order valence-corrected chi connectivity index (χ3v) is 1.72. The first-order chi connectivity index (χ1) is 7.28. The lowest BCUT2D eigenvalue weighted by Crippen LogP contribution is -2.27. The van der Waals surface area contributed by atoms with Gasteiger partial charge in [-0.25, -0.2) is 9.78 Å². The van der Waals surface area contributed by atoms with Crippen LogP contribution in [0.25, 0.3) is 0 Å². The van der Waals surface area contributed by atoms with Crippen LogP contribution in [0.2, 0.25) is 5.15 Å². The van der Waals surface area contributed by atoms with Gasteiger partial charge in [0.15, 0.2) is 5.82 Å². The number of nitrogens with two attached hydrogens (primary N) is 1. The minimum absolute atomic E-state index is 0.196. The number of hydrogen-bond donors (Lipinski definition) is 2. The highest BCUT2D eigenvalue weighted by atomic mass is 35.5. The molecule has 0 radical (unpaired) electrons. The summed E-state index contributed by atoms with van der Waals surface area (Å²) in [5, 5.41) is 2.68. The highest BCUT2D eigenvalue weighted by Gasteiger charge is 2.17. The van der Waals surface area contributed by atoms with E-state index in [0.717, 1.165) is 0 Å². The van der Waals surface area contributed by atoms with Gasteiger partial charge in [0.05, 0.1) is 5.69 Å². The second-order valence-electron chi connectivity index (χ2n) is 4.20. The lowest BCUT2D eigenvalue weighted by molar-refractivity contribution is 0.0635. The number of halogens is 1. The van der Waals surface area contributed by atoms with E-state index in [4.69, 9.17) is 22.1 Å². The Kier molecular flexibility index (Phi) is 3.59. The van der Waals surface area contributed by atoms with E-state index in [1.165, 1.54) is 6.07 Å². The van der Waals surface area contributed by atoms with Crippen LogP contribution in [0.4, 0.5) is 16.3 Å². The SMILES string of the molecule is CC(C)(C)OC(=O)Nc1nc(Cl)ccc1N. The van der Waals surface area contributed by atoms with Crippen LogP contribution in [0.15, 0.2) is 12.1 Å². The van der Waals surface area contributed by atoms with Crippen molar-refractivity contribution >= 4 is 29.2 Å². The van der Waals surface area contributed by atoms with Crippen molar-refractivity contribution in [1.82, 2.24) is 4.98 Å². The monoisotopic (exact) mass is 243 g/mol. The zero-order valence-electron chi connectivity index (χ0n) is 9.37. The van der Waals surface area contributed by atoms with Gasteiger partial charge in [-0.1, -0.05) is 11.6 Å². The van der Waals surface area contributed by atoms with Crippen molar-refractivity contribution in [2.45, 2.75) is 26.4 Å². The summed E-state index contributed by atoms with van der Waals surface area (Å²) in [6.45, 7) is 5.30. The van der Waals surface area contributed by atoms with Gasteiger partial charge in [-0.05, 0) is 32.9 Å². The molecule has 0 aliphatic carbocycles. The van der Waals surface area contributed by atoms with Crippen molar-refractivity contribution in [3.05, 3.63) is 17.3 Å². The Morgan fingerprint density at radius 3 is 2.69 bits per heavy atom. The predicted molar refractivity (Wildman–Crippen MR) is 63.5 cm³/mol. The van der Waals surface area contributed by atoms with Gasteiger partial charge in [0.1, 0.15) is 10.8 Å². The zero-order chi connectivity index (χ0) is 12.3. The van der Waals surface area contributed by atoms with Crippen molar-refractivity contribution in [2.75, 3.05) is 11.1 Å². The first-order valence-corrected chi connectivity index (χ1v) is 5.08. The lowest BCUT2D eigenvalue weighted by Gasteiger charge is -2.19. The number of ether oxygens (including phenoxy) is 1. The van der Waals surface area contributed by atoms with Gasteiger partial charge < -0.3 is 10.5 Å². The van der Waals surface area contributed by atoms with E-state index in [0.29, 0.717) is 5.69 Å². The minimum Gasteiger partial charge on any atom is -0.444 e. The van der Waals surface area contributed by atoms with Crippen LogP contribution in [-0.4, -0.2) is 16.7 Å². The molecule has 1 heterocycles. The van der Waals surface area contributed by atoms with E-state index in [-0.39, 0.29) is 11.0 Å². The molecule has 6 heteroatoms. The summed E-state index contributed by atoms with van der Waals surface area (Å²) in [5.74, 6) is 0.196. The third kappa shape index (κ3) is 3.94. The van der Waals surface area contributed by atoms with Crippen LogP contribution in [0, 0.1) is 0 Å². The molecular formula is C10H14ClN3O2. The number of nitrogen functional groups attached to an aromatic ring is 1. The third-order valence-electron chi connectivity index (χ3n) is 1.51. The molecular weight excluding hydrogens is 230 g/mol. The molecule has 0 saturated carbocycles. The second kappa shape index (κ2) is 4.57. The summed E-state index contributed by atoms with van der Waals surface area (Å²) in [6.07, 6.45) is -0.617. The molecule has 1 aromatic rings. The van der Waals surface area contributed by atoms with Crippen LogP contribution in [0.1, 0.15) is 20.8 Å². The van der Waals surface area contributed by atoms with E-state index >= 15 is 0 Å². The molecule has 0 unspecified atom stereocenters. The average molecular weight is 244 g/mol. The molecule has 5 nitrogen and oxygen atoms in total. The smallest absolute Gasteiger partial charge is 0.413 e. The van der Waals surface area contributed by atoms with Crippen molar-refractivity contribution < 1.29 is 9.53 Å². The summed E-state index contributed by atoms with van der Waals surface area (Å²) in [5.41, 5.74) is 5.37. The zero-order valence-corrected chi connectivity index (χ0v) is 10.1. The normalized spacial score (nSPS) is 11.0. The molecule has 0 fully saturated rings. The summed E-state index contributed by atoms with van der Waals surface area (Å²) in [6, 6.07) is 3.10. The number of amides is 1. The van der Waals surface area contributed by atoms with Gasteiger partial charge in [-0.3, -0.25) is 5.32 Å². The number of nitrogens with one attached hydrogen (secondary N) is 1. The fourth-order valence-electron chi connectivity index (χ4n) is 0.947. The Morgan fingerprint density at radius 1 is 1.50 bits per heavy atom. The van der Waals surface area contributed by atoms with Gasteiger partial charge in [-0.2, -0.15) is 0 Å². The molecule has 1 rings (SSSR count). The Labute approximate surface area is 98.9 Å². The van der Waals surface area contributed by atoms with Gasteiger partial charge >= 0.3 is 6.09 Å². The molecule has 0 saturated heterocycles. The fourth-order valence-corrected chi connectivity index (χ4v) is 1.09. The number of hydrogen-bond acceptors (Lipinski definition) is 4.